The van der Waals surface area contributed by atoms with Crippen molar-refractivity contribution in [2.24, 2.45) is 5.73 Å². The van der Waals surface area contributed by atoms with Crippen molar-refractivity contribution in [1.29, 1.82) is 0 Å². The van der Waals surface area contributed by atoms with E-state index in [0.717, 1.165) is 0 Å². The number of carbonyl (C=O) groups is 3. The molecule has 1 heterocycles. The summed E-state index contributed by atoms with van der Waals surface area (Å²) >= 11 is 0. The number of aromatic nitrogens is 2. The van der Waals surface area contributed by atoms with Gasteiger partial charge in [-0.1, -0.05) is 6.07 Å². The summed E-state index contributed by atoms with van der Waals surface area (Å²) in [6.07, 6.45) is 1.31. The van der Waals surface area contributed by atoms with Crippen LogP contribution in [0.2, 0.25) is 0 Å². The lowest BCUT2D eigenvalue weighted by Crippen LogP contribution is -2.25. The number of hydrogen-bond acceptors (Lipinski definition) is 4. The van der Waals surface area contributed by atoms with E-state index in [1.165, 1.54) is 36.1 Å². The summed E-state index contributed by atoms with van der Waals surface area (Å²) in [5.41, 5.74) is 6.89. The van der Waals surface area contributed by atoms with Gasteiger partial charge in [0, 0.05) is 24.0 Å². The van der Waals surface area contributed by atoms with Crippen molar-refractivity contribution in [3.8, 4) is 5.69 Å². The number of nitrogens with one attached hydrogen (secondary N) is 2. The molecule has 29 heavy (non-hydrogen) atoms. The predicted octanol–water partition coefficient (Wildman–Crippen LogP) is 2.03. The number of amides is 3. The van der Waals surface area contributed by atoms with Gasteiger partial charge in [0.2, 0.25) is 0 Å². The van der Waals surface area contributed by atoms with E-state index in [4.69, 9.17) is 5.73 Å². The van der Waals surface area contributed by atoms with Crippen LogP contribution in [0, 0.1) is 12.7 Å². The van der Waals surface area contributed by atoms with Crippen LogP contribution in [0.4, 0.5) is 10.1 Å². The average Bonchev–Trinajstić information content (AvgIpc) is 3.15. The van der Waals surface area contributed by atoms with Crippen LogP contribution in [0.25, 0.3) is 5.69 Å². The summed E-state index contributed by atoms with van der Waals surface area (Å²) in [5.74, 6) is -2.26. The average molecular weight is 395 g/mol. The summed E-state index contributed by atoms with van der Waals surface area (Å²) in [4.78, 5) is 39.9. The first-order valence-electron chi connectivity index (χ1n) is 8.59. The first-order valence-corrected chi connectivity index (χ1v) is 8.59. The fraction of sp³-hybridized carbons (Fsp3) is 0.100. The Hall–Kier alpha value is -4.01. The Morgan fingerprint density at radius 1 is 1.07 bits per heavy atom. The molecule has 9 heteroatoms. The topological polar surface area (TPSA) is 119 Å². The summed E-state index contributed by atoms with van der Waals surface area (Å²) in [6.45, 7) is 1.61. The number of anilines is 1. The largest absolute Gasteiger partial charge is 0.364 e. The van der Waals surface area contributed by atoms with E-state index < -0.39 is 23.5 Å². The molecule has 0 fully saturated rings. The fourth-order valence-corrected chi connectivity index (χ4v) is 2.71. The lowest BCUT2D eigenvalue weighted by molar-refractivity contribution is 0.0937. The van der Waals surface area contributed by atoms with Gasteiger partial charge >= 0.3 is 0 Å². The first kappa shape index (κ1) is 19.7. The third kappa shape index (κ3) is 3.98. The van der Waals surface area contributed by atoms with Crippen molar-refractivity contribution in [2.45, 2.75) is 6.92 Å². The second kappa shape index (κ2) is 7.93. The standard InChI is InChI=1S/C20H18FN5O3/c1-11-3-4-12(9-15(11)21)19(28)25-13-5-7-14(8-6-13)26-10-24-16(20(29)23-2)17(26)18(22)27/h3-10H,1-2H3,(H2,22,27)(H,23,29)(H,25,28). The Labute approximate surface area is 165 Å². The number of imidazole rings is 1. The van der Waals surface area contributed by atoms with E-state index in [9.17, 15) is 18.8 Å². The highest BCUT2D eigenvalue weighted by Crippen LogP contribution is 2.19. The number of rotatable bonds is 5. The smallest absolute Gasteiger partial charge is 0.272 e. The number of nitrogens with two attached hydrogens (primary N) is 1. The lowest BCUT2D eigenvalue weighted by atomic mass is 10.1. The van der Waals surface area contributed by atoms with Gasteiger partial charge in [-0.15, -0.1) is 0 Å². The quantitative estimate of drug-likeness (QED) is 0.612. The van der Waals surface area contributed by atoms with Crippen LogP contribution in [0.1, 0.15) is 36.9 Å². The van der Waals surface area contributed by atoms with Crippen molar-refractivity contribution in [2.75, 3.05) is 12.4 Å². The van der Waals surface area contributed by atoms with Gasteiger partial charge < -0.3 is 16.4 Å². The van der Waals surface area contributed by atoms with Gasteiger partial charge in [0.25, 0.3) is 17.7 Å². The number of aryl methyl sites for hydroxylation is 1. The molecular weight excluding hydrogens is 377 g/mol. The minimum Gasteiger partial charge on any atom is -0.364 e. The molecule has 8 nitrogen and oxygen atoms in total. The van der Waals surface area contributed by atoms with Crippen molar-refractivity contribution in [1.82, 2.24) is 14.9 Å². The molecule has 3 rings (SSSR count). The molecule has 0 radical (unpaired) electrons. The van der Waals surface area contributed by atoms with Crippen LogP contribution in [-0.4, -0.2) is 34.3 Å². The van der Waals surface area contributed by atoms with Gasteiger partial charge in [-0.2, -0.15) is 0 Å². The number of benzene rings is 2. The van der Waals surface area contributed by atoms with Gasteiger partial charge in [0.05, 0.1) is 0 Å². The number of nitrogens with zero attached hydrogens (tertiary/aromatic N) is 2. The molecule has 3 amide bonds. The molecule has 0 aliphatic rings. The Morgan fingerprint density at radius 3 is 2.34 bits per heavy atom. The SMILES string of the molecule is CNC(=O)c1ncn(-c2ccc(NC(=O)c3ccc(C)c(F)c3)cc2)c1C(N)=O. The summed E-state index contributed by atoms with van der Waals surface area (Å²) in [5, 5.41) is 5.07. The van der Waals surface area contributed by atoms with Gasteiger partial charge in [-0.05, 0) is 48.9 Å². The molecule has 4 N–H and O–H groups in total. The third-order valence-corrected chi connectivity index (χ3v) is 4.28. The third-order valence-electron chi connectivity index (χ3n) is 4.28. The number of carbonyl (C=O) groups excluding carboxylic acids is 3. The predicted molar refractivity (Wildman–Crippen MR) is 105 cm³/mol. The number of hydrogen-bond donors (Lipinski definition) is 3. The second-order valence-corrected chi connectivity index (χ2v) is 6.22. The molecular formula is C20H18FN5O3. The Bertz CT molecular complexity index is 1110. The Morgan fingerprint density at radius 2 is 1.76 bits per heavy atom. The molecule has 0 unspecified atom stereocenters. The van der Waals surface area contributed by atoms with Crippen LogP contribution >= 0.6 is 0 Å². The van der Waals surface area contributed by atoms with Crippen LogP contribution in [0.5, 0.6) is 0 Å². The van der Waals surface area contributed by atoms with Crippen molar-refractivity contribution in [3.05, 3.63) is 77.1 Å². The molecule has 3 aromatic rings. The minimum atomic E-state index is -0.806. The summed E-state index contributed by atoms with van der Waals surface area (Å²) in [6, 6.07) is 10.7. The van der Waals surface area contributed by atoms with Crippen molar-refractivity contribution in [3.63, 3.8) is 0 Å². The minimum absolute atomic E-state index is 0.0590. The zero-order chi connectivity index (χ0) is 21.1. The molecule has 148 valence electrons. The van der Waals surface area contributed by atoms with Crippen LogP contribution in [0.15, 0.2) is 48.8 Å². The Balaban J connectivity index is 1.84. The van der Waals surface area contributed by atoms with E-state index in [0.29, 0.717) is 16.9 Å². The first-order chi connectivity index (χ1) is 13.8. The number of halogens is 1. The highest BCUT2D eigenvalue weighted by atomic mass is 19.1. The summed E-state index contributed by atoms with van der Waals surface area (Å²) in [7, 11) is 1.42. The molecule has 2 aromatic carbocycles. The van der Waals surface area contributed by atoms with Crippen molar-refractivity contribution < 1.29 is 18.8 Å². The normalized spacial score (nSPS) is 10.4. The van der Waals surface area contributed by atoms with E-state index >= 15 is 0 Å². The van der Waals surface area contributed by atoms with E-state index in [2.05, 4.69) is 15.6 Å². The van der Waals surface area contributed by atoms with Crippen LogP contribution in [-0.2, 0) is 0 Å². The molecule has 0 saturated carbocycles. The molecule has 0 aliphatic carbocycles. The lowest BCUT2D eigenvalue weighted by Gasteiger charge is -2.09. The van der Waals surface area contributed by atoms with Crippen LogP contribution in [0.3, 0.4) is 0 Å². The Kier molecular flexibility index (Phi) is 5.40. The van der Waals surface area contributed by atoms with Crippen LogP contribution < -0.4 is 16.4 Å². The van der Waals surface area contributed by atoms with Gasteiger partial charge in [0.1, 0.15) is 17.8 Å². The van der Waals surface area contributed by atoms with E-state index in [1.807, 2.05) is 0 Å². The second-order valence-electron chi connectivity index (χ2n) is 6.22. The fourth-order valence-electron chi connectivity index (χ4n) is 2.71. The van der Waals surface area contributed by atoms with Gasteiger partial charge in [-0.3, -0.25) is 19.0 Å². The maximum Gasteiger partial charge on any atom is 0.272 e. The highest BCUT2D eigenvalue weighted by Gasteiger charge is 2.22. The van der Waals surface area contributed by atoms with E-state index in [-0.39, 0.29) is 17.0 Å². The van der Waals surface area contributed by atoms with Gasteiger partial charge in [-0.25, -0.2) is 9.37 Å². The molecule has 0 aliphatic heterocycles. The maximum absolute atomic E-state index is 13.7. The van der Waals surface area contributed by atoms with E-state index in [1.54, 1.807) is 31.2 Å². The highest BCUT2D eigenvalue weighted by molar-refractivity contribution is 6.05. The number of primary amides is 1. The zero-order valence-corrected chi connectivity index (χ0v) is 15.7. The zero-order valence-electron chi connectivity index (χ0n) is 15.7. The maximum atomic E-state index is 13.7. The molecule has 1 aromatic heterocycles. The molecule has 0 saturated heterocycles. The molecule has 0 atom stereocenters. The van der Waals surface area contributed by atoms with Crippen molar-refractivity contribution >= 4 is 23.4 Å². The monoisotopic (exact) mass is 395 g/mol. The molecule has 0 spiro atoms. The van der Waals surface area contributed by atoms with Gasteiger partial charge in [0.15, 0.2) is 5.69 Å². The summed E-state index contributed by atoms with van der Waals surface area (Å²) < 4.78 is 15.0. The molecule has 0 bridgehead atoms.